The lowest BCUT2D eigenvalue weighted by Gasteiger charge is -2.11. The topological polar surface area (TPSA) is 75.3 Å². The lowest BCUT2D eigenvalue weighted by Crippen LogP contribution is -2.33. The second kappa shape index (κ2) is 5.35. The number of hydrogen-bond donors (Lipinski definition) is 2. The minimum atomic E-state index is -2.95. The summed E-state index contributed by atoms with van der Waals surface area (Å²) in [6.07, 6.45) is 2.64. The average molecular weight is 260 g/mol. The lowest BCUT2D eigenvalue weighted by molar-refractivity contribution is -0.124. The monoisotopic (exact) mass is 260 g/mol. The van der Waals surface area contributed by atoms with Crippen molar-refractivity contribution < 1.29 is 13.2 Å². The number of carbonyl (C=O) groups is 1. The molecule has 0 aliphatic carbocycles. The van der Waals surface area contributed by atoms with E-state index in [9.17, 15) is 13.2 Å². The van der Waals surface area contributed by atoms with E-state index in [0.29, 0.717) is 18.9 Å². The number of rotatable bonds is 4. The summed E-state index contributed by atoms with van der Waals surface area (Å²) in [7, 11) is -2.95. The number of carbonyl (C=O) groups excluding carboxylic acids is 1. The van der Waals surface area contributed by atoms with Gasteiger partial charge in [0.25, 0.3) is 0 Å². The van der Waals surface area contributed by atoms with E-state index in [1.54, 1.807) is 0 Å². The van der Waals surface area contributed by atoms with Crippen LogP contribution in [-0.2, 0) is 14.6 Å². The molecule has 2 aliphatic heterocycles. The molecule has 0 spiro atoms. The third-order valence-corrected chi connectivity index (χ3v) is 5.39. The van der Waals surface area contributed by atoms with Gasteiger partial charge < -0.3 is 10.6 Å². The molecule has 2 unspecified atom stereocenters. The van der Waals surface area contributed by atoms with Gasteiger partial charge in [0, 0.05) is 6.54 Å². The molecule has 0 saturated carbocycles. The van der Waals surface area contributed by atoms with E-state index in [1.807, 2.05) is 0 Å². The summed E-state index contributed by atoms with van der Waals surface area (Å²) in [5.74, 6) is 0.447. The van der Waals surface area contributed by atoms with Crippen LogP contribution in [0.25, 0.3) is 0 Å². The van der Waals surface area contributed by atoms with E-state index in [2.05, 4.69) is 10.6 Å². The summed E-state index contributed by atoms with van der Waals surface area (Å²) in [6, 6.07) is 0. The van der Waals surface area contributed by atoms with Gasteiger partial charge in [-0.3, -0.25) is 4.79 Å². The van der Waals surface area contributed by atoms with Crippen LogP contribution in [0.1, 0.15) is 19.3 Å². The van der Waals surface area contributed by atoms with Gasteiger partial charge in [0.1, 0.15) is 0 Å². The van der Waals surface area contributed by atoms with Crippen molar-refractivity contribution >= 4 is 15.7 Å². The van der Waals surface area contributed by atoms with Crippen molar-refractivity contribution in [3.8, 4) is 0 Å². The zero-order valence-corrected chi connectivity index (χ0v) is 10.8. The van der Waals surface area contributed by atoms with Crippen LogP contribution in [0.3, 0.4) is 0 Å². The van der Waals surface area contributed by atoms with Crippen LogP contribution in [0.15, 0.2) is 0 Å². The number of hydrogen-bond acceptors (Lipinski definition) is 4. The maximum Gasteiger partial charge on any atom is 0.224 e. The summed E-state index contributed by atoms with van der Waals surface area (Å²) in [5.41, 5.74) is 0. The Kier molecular flexibility index (Phi) is 4.04. The first kappa shape index (κ1) is 12.8. The van der Waals surface area contributed by atoms with Crippen molar-refractivity contribution in [3.05, 3.63) is 0 Å². The fraction of sp³-hybridized carbons (Fsp3) is 0.909. The third-order valence-electron chi connectivity index (χ3n) is 3.62. The molecule has 0 aromatic carbocycles. The fourth-order valence-corrected chi connectivity index (χ4v) is 4.25. The molecule has 5 nitrogen and oxygen atoms in total. The molecular weight excluding hydrogens is 240 g/mol. The van der Waals surface area contributed by atoms with Gasteiger partial charge in [-0.25, -0.2) is 8.42 Å². The van der Waals surface area contributed by atoms with Crippen molar-refractivity contribution in [3.63, 3.8) is 0 Å². The molecule has 2 saturated heterocycles. The van der Waals surface area contributed by atoms with Crippen molar-refractivity contribution in [1.82, 2.24) is 10.6 Å². The standard InChI is InChI=1S/C11H20N2O3S/c14-11(10-3-6-17(15,16)8-10)13-5-2-9-1-4-12-7-9/h9-10,12H,1-8H2,(H,13,14). The second-order valence-corrected chi connectivity index (χ2v) is 7.27. The Morgan fingerprint density at radius 2 is 2.18 bits per heavy atom. The van der Waals surface area contributed by atoms with Crippen LogP contribution in [0, 0.1) is 11.8 Å². The highest BCUT2D eigenvalue weighted by atomic mass is 32.2. The Morgan fingerprint density at radius 1 is 1.35 bits per heavy atom. The normalized spacial score (nSPS) is 31.5. The van der Waals surface area contributed by atoms with E-state index in [-0.39, 0.29) is 23.3 Å². The highest BCUT2D eigenvalue weighted by Crippen LogP contribution is 2.18. The Bertz CT molecular complexity index is 374. The predicted octanol–water partition coefficient (Wildman–Crippen LogP) is -0.463. The molecule has 6 heteroatoms. The Morgan fingerprint density at radius 3 is 2.76 bits per heavy atom. The van der Waals surface area contributed by atoms with E-state index in [0.717, 1.165) is 19.5 Å². The lowest BCUT2D eigenvalue weighted by atomic mass is 10.0. The molecule has 2 atom stereocenters. The largest absolute Gasteiger partial charge is 0.356 e. The van der Waals surface area contributed by atoms with Gasteiger partial charge in [-0.05, 0) is 38.3 Å². The first-order chi connectivity index (χ1) is 8.07. The molecule has 2 heterocycles. The molecule has 98 valence electrons. The molecule has 0 radical (unpaired) electrons. The minimum Gasteiger partial charge on any atom is -0.356 e. The van der Waals surface area contributed by atoms with Gasteiger partial charge in [0.05, 0.1) is 17.4 Å². The molecule has 2 fully saturated rings. The van der Waals surface area contributed by atoms with Crippen LogP contribution in [0.5, 0.6) is 0 Å². The van der Waals surface area contributed by atoms with E-state index < -0.39 is 9.84 Å². The zero-order chi connectivity index (χ0) is 12.3. The predicted molar refractivity (Wildman–Crippen MR) is 65.4 cm³/mol. The van der Waals surface area contributed by atoms with E-state index >= 15 is 0 Å². The van der Waals surface area contributed by atoms with Crippen LogP contribution in [-0.4, -0.2) is 45.5 Å². The third kappa shape index (κ3) is 3.67. The quantitative estimate of drug-likeness (QED) is 0.717. The highest BCUT2D eigenvalue weighted by Gasteiger charge is 2.32. The smallest absolute Gasteiger partial charge is 0.224 e. The van der Waals surface area contributed by atoms with Crippen molar-refractivity contribution in [1.29, 1.82) is 0 Å². The highest BCUT2D eigenvalue weighted by molar-refractivity contribution is 7.91. The SMILES string of the molecule is O=C(NCCC1CCNC1)C1CCS(=O)(=O)C1. The van der Waals surface area contributed by atoms with Gasteiger partial charge in [0.15, 0.2) is 9.84 Å². The van der Waals surface area contributed by atoms with Gasteiger partial charge in [0.2, 0.25) is 5.91 Å². The molecule has 17 heavy (non-hydrogen) atoms. The van der Waals surface area contributed by atoms with Crippen LogP contribution < -0.4 is 10.6 Å². The number of amides is 1. The summed E-state index contributed by atoms with van der Waals surface area (Å²) >= 11 is 0. The Hall–Kier alpha value is -0.620. The molecule has 0 bridgehead atoms. The summed E-state index contributed by atoms with van der Waals surface area (Å²) in [4.78, 5) is 11.7. The number of sulfone groups is 1. The van der Waals surface area contributed by atoms with Crippen LogP contribution in [0.4, 0.5) is 0 Å². The average Bonchev–Trinajstić information content (AvgIpc) is 2.87. The molecule has 0 aromatic rings. The summed E-state index contributed by atoms with van der Waals surface area (Å²) < 4.78 is 22.5. The van der Waals surface area contributed by atoms with Gasteiger partial charge in [-0.2, -0.15) is 0 Å². The first-order valence-corrected chi connectivity index (χ1v) is 8.08. The van der Waals surface area contributed by atoms with E-state index in [1.165, 1.54) is 6.42 Å². The number of nitrogens with one attached hydrogen (secondary N) is 2. The van der Waals surface area contributed by atoms with E-state index in [4.69, 9.17) is 0 Å². The second-order valence-electron chi connectivity index (χ2n) is 5.04. The molecular formula is C11H20N2O3S. The van der Waals surface area contributed by atoms with Crippen LogP contribution in [0.2, 0.25) is 0 Å². The molecule has 2 N–H and O–H groups in total. The Labute approximate surface area is 102 Å². The van der Waals surface area contributed by atoms with Crippen molar-refractivity contribution in [2.75, 3.05) is 31.1 Å². The molecule has 2 rings (SSSR count). The minimum absolute atomic E-state index is 0.0316. The maximum atomic E-state index is 11.7. The summed E-state index contributed by atoms with van der Waals surface area (Å²) in [6.45, 7) is 2.77. The fourth-order valence-electron chi connectivity index (χ4n) is 2.51. The van der Waals surface area contributed by atoms with Gasteiger partial charge in [-0.15, -0.1) is 0 Å². The van der Waals surface area contributed by atoms with Crippen molar-refractivity contribution in [2.24, 2.45) is 11.8 Å². The zero-order valence-electron chi connectivity index (χ0n) is 9.94. The van der Waals surface area contributed by atoms with Gasteiger partial charge >= 0.3 is 0 Å². The van der Waals surface area contributed by atoms with Crippen molar-refractivity contribution in [2.45, 2.75) is 19.3 Å². The Balaban J connectivity index is 1.67. The summed E-state index contributed by atoms with van der Waals surface area (Å²) in [5, 5.41) is 6.14. The molecule has 1 amide bonds. The van der Waals surface area contributed by atoms with Crippen LogP contribution >= 0.6 is 0 Å². The maximum absolute atomic E-state index is 11.7. The molecule has 0 aromatic heterocycles. The molecule has 2 aliphatic rings. The van der Waals surface area contributed by atoms with Gasteiger partial charge in [-0.1, -0.05) is 0 Å². The first-order valence-electron chi connectivity index (χ1n) is 6.26.